The van der Waals surface area contributed by atoms with Gasteiger partial charge in [0.05, 0.1) is 31.6 Å². The fraction of sp³-hybridized carbons (Fsp3) is 0.278. The predicted molar refractivity (Wildman–Crippen MR) is 92.0 cm³/mol. The van der Waals surface area contributed by atoms with Crippen molar-refractivity contribution in [2.24, 2.45) is 0 Å². The topological polar surface area (TPSA) is 107 Å². The number of carboxylic acid groups (broad SMARTS) is 1. The van der Waals surface area contributed by atoms with E-state index in [0.29, 0.717) is 30.4 Å². The highest BCUT2D eigenvalue weighted by Gasteiger charge is 2.19. The second-order valence-corrected chi connectivity index (χ2v) is 5.66. The molecule has 0 saturated carbocycles. The SMILES string of the molecule is COc1ccc(NC(=O)c2ccnc(OC3CCOC3)c2)c(C(=O)O)c1. The number of nitrogens with zero attached hydrogens (tertiary/aromatic N) is 1. The van der Waals surface area contributed by atoms with Gasteiger partial charge in [0.1, 0.15) is 11.9 Å². The van der Waals surface area contributed by atoms with Gasteiger partial charge in [-0.05, 0) is 24.3 Å². The average Bonchev–Trinajstić information content (AvgIpc) is 3.15. The average molecular weight is 358 g/mol. The van der Waals surface area contributed by atoms with E-state index in [9.17, 15) is 14.7 Å². The van der Waals surface area contributed by atoms with E-state index < -0.39 is 11.9 Å². The Kier molecular flexibility index (Phi) is 5.33. The lowest BCUT2D eigenvalue weighted by molar-refractivity contribution is 0.0697. The molecule has 1 aliphatic heterocycles. The summed E-state index contributed by atoms with van der Waals surface area (Å²) in [6.45, 7) is 1.13. The summed E-state index contributed by atoms with van der Waals surface area (Å²) in [5.74, 6) is -0.924. The minimum atomic E-state index is -1.17. The molecular formula is C18H18N2O6. The third kappa shape index (κ3) is 4.09. The molecule has 1 amide bonds. The van der Waals surface area contributed by atoms with E-state index in [1.165, 1.54) is 37.6 Å². The van der Waals surface area contributed by atoms with Gasteiger partial charge >= 0.3 is 5.97 Å². The number of aromatic carboxylic acids is 1. The van der Waals surface area contributed by atoms with Gasteiger partial charge in [0.2, 0.25) is 5.88 Å². The molecule has 1 aromatic heterocycles. The summed E-state index contributed by atoms with van der Waals surface area (Å²) in [6, 6.07) is 7.44. The maximum absolute atomic E-state index is 12.5. The van der Waals surface area contributed by atoms with Gasteiger partial charge < -0.3 is 24.6 Å². The molecule has 2 aromatic rings. The molecule has 1 fully saturated rings. The van der Waals surface area contributed by atoms with Gasteiger partial charge in [0.25, 0.3) is 5.91 Å². The van der Waals surface area contributed by atoms with Crippen molar-refractivity contribution in [1.82, 2.24) is 4.98 Å². The second-order valence-electron chi connectivity index (χ2n) is 5.66. The Morgan fingerprint density at radius 3 is 2.85 bits per heavy atom. The Morgan fingerprint density at radius 1 is 1.31 bits per heavy atom. The van der Waals surface area contributed by atoms with Crippen molar-refractivity contribution in [3.63, 3.8) is 0 Å². The number of carboxylic acids is 1. The molecule has 0 bridgehead atoms. The Morgan fingerprint density at radius 2 is 2.15 bits per heavy atom. The number of aromatic nitrogens is 1. The maximum atomic E-state index is 12.5. The highest BCUT2D eigenvalue weighted by Crippen LogP contribution is 2.23. The third-order valence-corrected chi connectivity index (χ3v) is 3.88. The molecule has 1 aromatic carbocycles. The van der Waals surface area contributed by atoms with Crippen molar-refractivity contribution >= 4 is 17.6 Å². The summed E-state index contributed by atoms with van der Waals surface area (Å²) in [7, 11) is 1.44. The van der Waals surface area contributed by atoms with Gasteiger partial charge in [-0.3, -0.25) is 4.79 Å². The molecule has 1 atom stereocenters. The Balaban J connectivity index is 1.76. The van der Waals surface area contributed by atoms with Crippen molar-refractivity contribution < 1.29 is 28.9 Å². The fourth-order valence-electron chi connectivity index (χ4n) is 2.52. The zero-order valence-corrected chi connectivity index (χ0v) is 14.1. The van der Waals surface area contributed by atoms with Crippen molar-refractivity contribution in [2.45, 2.75) is 12.5 Å². The molecule has 3 rings (SSSR count). The lowest BCUT2D eigenvalue weighted by Crippen LogP contribution is -2.18. The van der Waals surface area contributed by atoms with E-state index in [-0.39, 0.29) is 17.4 Å². The molecule has 1 saturated heterocycles. The Labute approximate surface area is 149 Å². The largest absolute Gasteiger partial charge is 0.497 e. The molecule has 0 aliphatic carbocycles. The lowest BCUT2D eigenvalue weighted by Gasteiger charge is -2.12. The molecule has 0 spiro atoms. The first-order valence-corrected chi connectivity index (χ1v) is 8.00. The van der Waals surface area contributed by atoms with Crippen LogP contribution in [0.1, 0.15) is 27.1 Å². The highest BCUT2D eigenvalue weighted by molar-refractivity contribution is 6.07. The number of benzene rings is 1. The first kappa shape index (κ1) is 17.7. The minimum Gasteiger partial charge on any atom is -0.497 e. The van der Waals surface area contributed by atoms with Crippen LogP contribution in [0.2, 0.25) is 0 Å². The predicted octanol–water partition coefficient (Wildman–Crippen LogP) is 2.21. The van der Waals surface area contributed by atoms with Crippen LogP contribution >= 0.6 is 0 Å². The maximum Gasteiger partial charge on any atom is 0.337 e. The van der Waals surface area contributed by atoms with Crippen LogP contribution in [0, 0.1) is 0 Å². The van der Waals surface area contributed by atoms with Crippen LogP contribution in [-0.4, -0.2) is 48.4 Å². The molecule has 136 valence electrons. The van der Waals surface area contributed by atoms with E-state index in [0.717, 1.165) is 6.42 Å². The number of anilines is 1. The fourth-order valence-corrected chi connectivity index (χ4v) is 2.52. The van der Waals surface area contributed by atoms with Crippen molar-refractivity contribution in [3.8, 4) is 11.6 Å². The summed E-state index contributed by atoms with van der Waals surface area (Å²) in [5.41, 5.74) is 0.416. The summed E-state index contributed by atoms with van der Waals surface area (Å²) in [5, 5.41) is 11.9. The number of hydrogen-bond acceptors (Lipinski definition) is 6. The van der Waals surface area contributed by atoms with E-state index in [1.807, 2.05) is 0 Å². The number of ether oxygens (including phenoxy) is 3. The lowest BCUT2D eigenvalue weighted by atomic mass is 10.1. The van der Waals surface area contributed by atoms with Gasteiger partial charge in [0.15, 0.2) is 0 Å². The molecule has 8 nitrogen and oxygen atoms in total. The molecule has 8 heteroatoms. The van der Waals surface area contributed by atoms with Gasteiger partial charge in [-0.1, -0.05) is 0 Å². The smallest absolute Gasteiger partial charge is 0.337 e. The molecular weight excluding hydrogens is 340 g/mol. The van der Waals surface area contributed by atoms with Crippen molar-refractivity contribution in [2.75, 3.05) is 25.6 Å². The van der Waals surface area contributed by atoms with Crippen LogP contribution in [0.15, 0.2) is 36.5 Å². The molecule has 2 heterocycles. The highest BCUT2D eigenvalue weighted by atomic mass is 16.5. The minimum absolute atomic E-state index is 0.0636. The van der Waals surface area contributed by atoms with Crippen LogP contribution < -0.4 is 14.8 Å². The molecule has 2 N–H and O–H groups in total. The number of nitrogens with one attached hydrogen (secondary N) is 1. The number of amides is 1. The first-order valence-electron chi connectivity index (χ1n) is 8.00. The van der Waals surface area contributed by atoms with E-state index >= 15 is 0 Å². The molecule has 1 unspecified atom stereocenters. The third-order valence-electron chi connectivity index (χ3n) is 3.88. The van der Waals surface area contributed by atoms with Crippen molar-refractivity contribution in [1.29, 1.82) is 0 Å². The summed E-state index contributed by atoms with van der Waals surface area (Å²) in [4.78, 5) is 28.0. The quantitative estimate of drug-likeness (QED) is 0.815. The standard InChI is InChI=1S/C18H18N2O6/c1-24-12-2-3-15(14(9-12)18(22)23)20-17(21)11-4-6-19-16(8-11)26-13-5-7-25-10-13/h2-4,6,8-9,13H,5,7,10H2,1H3,(H,20,21)(H,22,23). The number of hydrogen-bond donors (Lipinski definition) is 2. The zero-order valence-electron chi connectivity index (χ0n) is 14.1. The zero-order chi connectivity index (χ0) is 18.5. The van der Waals surface area contributed by atoms with E-state index in [2.05, 4.69) is 10.3 Å². The van der Waals surface area contributed by atoms with Crippen LogP contribution in [-0.2, 0) is 4.74 Å². The van der Waals surface area contributed by atoms with Gasteiger partial charge in [0, 0.05) is 24.2 Å². The van der Waals surface area contributed by atoms with Crippen LogP contribution in [0.25, 0.3) is 0 Å². The van der Waals surface area contributed by atoms with Gasteiger partial charge in [-0.15, -0.1) is 0 Å². The molecule has 26 heavy (non-hydrogen) atoms. The molecule has 1 aliphatic rings. The van der Waals surface area contributed by atoms with Crippen LogP contribution in [0.5, 0.6) is 11.6 Å². The first-order chi connectivity index (χ1) is 12.6. The summed E-state index contributed by atoms with van der Waals surface area (Å²) < 4.78 is 15.9. The van der Waals surface area contributed by atoms with Crippen LogP contribution in [0.4, 0.5) is 5.69 Å². The Bertz CT molecular complexity index is 817. The number of methoxy groups -OCH3 is 1. The number of carbonyl (C=O) groups excluding carboxylic acids is 1. The summed E-state index contributed by atoms with van der Waals surface area (Å²) >= 11 is 0. The molecule has 0 radical (unpaired) electrons. The number of pyridine rings is 1. The summed E-state index contributed by atoms with van der Waals surface area (Å²) in [6.07, 6.45) is 2.15. The van der Waals surface area contributed by atoms with Gasteiger partial charge in [-0.25, -0.2) is 9.78 Å². The normalized spacial score (nSPS) is 16.1. The van der Waals surface area contributed by atoms with Crippen LogP contribution in [0.3, 0.4) is 0 Å². The number of rotatable bonds is 6. The van der Waals surface area contributed by atoms with Gasteiger partial charge in [-0.2, -0.15) is 0 Å². The van der Waals surface area contributed by atoms with E-state index in [4.69, 9.17) is 14.2 Å². The monoisotopic (exact) mass is 358 g/mol. The van der Waals surface area contributed by atoms with Crippen molar-refractivity contribution in [3.05, 3.63) is 47.7 Å². The van der Waals surface area contributed by atoms with E-state index in [1.54, 1.807) is 6.07 Å². The Hall–Kier alpha value is -3.13. The number of carbonyl (C=O) groups is 2. The second kappa shape index (κ2) is 7.83.